The van der Waals surface area contributed by atoms with Crippen molar-refractivity contribution in [2.45, 2.75) is 32.7 Å². The van der Waals surface area contributed by atoms with Gasteiger partial charge in [0.25, 0.3) is 0 Å². The second kappa shape index (κ2) is 7.30. The number of rotatable bonds is 3. The summed E-state index contributed by atoms with van der Waals surface area (Å²) in [6.45, 7) is 6.61. The van der Waals surface area contributed by atoms with E-state index in [2.05, 4.69) is 26.1 Å². The van der Waals surface area contributed by atoms with Crippen LogP contribution in [-0.2, 0) is 21.5 Å². The van der Waals surface area contributed by atoms with Crippen molar-refractivity contribution in [2.75, 3.05) is 12.4 Å². The largest absolute Gasteiger partial charge is 0.333 e. The Morgan fingerprint density at radius 3 is 2.17 bits per heavy atom. The third-order valence-corrected chi connectivity index (χ3v) is 3.79. The van der Waals surface area contributed by atoms with Crippen LogP contribution in [0.15, 0.2) is 54.6 Å². The zero-order valence-corrected chi connectivity index (χ0v) is 14.7. The monoisotopic (exact) mass is 324 g/mol. The number of nitrogens with zero attached hydrogens (tertiary/aromatic N) is 1. The van der Waals surface area contributed by atoms with E-state index < -0.39 is 11.8 Å². The zero-order valence-electron chi connectivity index (χ0n) is 14.7. The molecule has 0 aliphatic rings. The Kier molecular flexibility index (Phi) is 5.39. The summed E-state index contributed by atoms with van der Waals surface area (Å²) in [4.78, 5) is 26.1. The summed E-state index contributed by atoms with van der Waals surface area (Å²) in [5.74, 6) is -1.17. The highest BCUT2D eigenvalue weighted by molar-refractivity contribution is 6.39. The van der Waals surface area contributed by atoms with Gasteiger partial charge in [-0.2, -0.15) is 0 Å². The fourth-order valence-corrected chi connectivity index (χ4v) is 2.52. The molecule has 4 heteroatoms. The van der Waals surface area contributed by atoms with Crippen LogP contribution >= 0.6 is 0 Å². The fraction of sp³-hybridized carbons (Fsp3) is 0.300. The maximum absolute atomic E-state index is 12.3. The van der Waals surface area contributed by atoms with Crippen molar-refractivity contribution in [1.82, 2.24) is 4.90 Å². The van der Waals surface area contributed by atoms with Gasteiger partial charge < -0.3 is 10.2 Å². The number of benzene rings is 2. The molecule has 4 nitrogen and oxygen atoms in total. The standard InChI is InChI=1S/C20H24N2O2/c1-20(2,3)16-12-8-9-13-17(16)21-18(23)19(24)22(4)14-15-10-6-5-7-11-15/h5-13H,14H2,1-4H3,(H,21,23). The van der Waals surface area contributed by atoms with Crippen LogP contribution in [0.25, 0.3) is 0 Å². The van der Waals surface area contributed by atoms with Gasteiger partial charge in [0.15, 0.2) is 0 Å². The number of para-hydroxylation sites is 1. The lowest BCUT2D eigenvalue weighted by molar-refractivity contribution is -0.142. The normalized spacial score (nSPS) is 11.0. The van der Waals surface area contributed by atoms with Crippen LogP contribution in [0.1, 0.15) is 31.9 Å². The smallest absolute Gasteiger partial charge is 0.313 e. The van der Waals surface area contributed by atoms with Gasteiger partial charge in [0.1, 0.15) is 0 Å². The molecule has 2 amide bonds. The van der Waals surface area contributed by atoms with E-state index in [1.165, 1.54) is 4.90 Å². The van der Waals surface area contributed by atoms with Gasteiger partial charge in [0.2, 0.25) is 0 Å². The predicted octanol–water partition coefficient (Wildman–Crippen LogP) is 3.58. The van der Waals surface area contributed by atoms with Crippen LogP contribution in [0.2, 0.25) is 0 Å². The van der Waals surface area contributed by atoms with Gasteiger partial charge in [0.05, 0.1) is 0 Å². The number of carbonyl (C=O) groups excluding carboxylic acids is 2. The number of hydrogen-bond acceptors (Lipinski definition) is 2. The van der Waals surface area contributed by atoms with E-state index in [4.69, 9.17) is 0 Å². The minimum Gasteiger partial charge on any atom is -0.333 e. The number of anilines is 1. The number of nitrogens with one attached hydrogen (secondary N) is 1. The first-order chi connectivity index (χ1) is 11.3. The fourth-order valence-electron chi connectivity index (χ4n) is 2.52. The molecule has 0 bridgehead atoms. The molecule has 0 aromatic heterocycles. The van der Waals surface area contributed by atoms with Crippen LogP contribution in [0.3, 0.4) is 0 Å². The average Bonchev–Trinajstić information content (AvgIpc) is 2.54. The number of amides is 2. The summed E-state index contributed by atoms with van der Waals surface area (Å²) < 4.78 is 0. The van der Waals surface area contributed by atoms with Gasteiger partial charge in [-0.05, 0) is 22.6 Å². The summed E-state index contributed by atoms with van der Waals surface area (Å²) in [5, 5.41) is 2.75. The Bertz CT molecular complexity index is 718. The second-order valence-corrected chi connectivity index (χ2v) is 6.90. The Morgan fingerprint density at radius 2 is 1.54 bits per heavy atom. The van der Waals surface area contributed by atoms with Crippen molar-refractivity contribution in [3.63, 3.8) is 0 Å². The van der Waals surface area contributed by atoms with Gasteiger partial charge in [-0.3, -0.25) is 9.59 Å². The van der Waals surface area contributed by atoms with Crippen molar-refractivity contribution in [3.8, 4) is 0 Å². The molecule has 0 spiro atoms. The van der Waals surface area contributed by atoms with Gasteiger partial charge >= 0.3 is 11.8 Å². The number of carbonyl (C=O) groups is 2. The number of likely N-dealkylation sites (N-methyl/N-ethyl adjacent to an activating group) is 1. The highest BCUT2D eigenvalue weighted by atomic mass is 16.2. The molecule has 0 aliphatic carbocycles. The molecule has 0 unspecified atom stereocenters. The van der Waals surface area contributed by atoms with Gasteiger partial charge in [-0.1, -0.05) is 69.3 Å². The van der Waals surface area contributed by atoms with Gasteiger partial charge in [-0.15, -0.1) is 0 Å². The Hall–Kier alpha value is -2.62. The first kappa shape index (κ1) is 17.7. The molecular weight excluding hydrogens is 300 g/mol. The zero-order chi connectivity index (χ0) is 17.7. The van der Waals surface area contributed by atoms with E-state index in [0.717, 1.165) is 11.1 Å². The molecule has 0 fully saturated rings. The third-order valence-electron chi connectivity index (χ3n) is 3.79. The molecule has 0 saturated heterocycles. The van der Waals surface area contributed by atoms with Crippen LogP contribution in [0.5, 0.6) is 0 Å². The average molecular weight is 324 g/mol. The third kappa shape index (κ3) is 4.44. The minimum absolute atomic E-state index is 0.122. The van der Waals surface area contributed by atoms with E-state index in [9.17, 15) is 9.59 Å². The van der Waals surface area contributed by atoms with E-state index in [-0.39, 0.29) is 5.41 Å². The first-order valence-electron chi connectivity index (χ1n) is 7.99. The molecule has 1 N–H and O–H groups in total. The van der Waals surface area contributed by atoms with Crippen molar-refractivity contribution in [2.24, 2.45) is 0 Å². The molecule has 0 radical (unpaired) electrons. The van der Waals surface area contributed by atoms with Gasteiger partial charge in [-0.25, -0.2) is 0 Å². The van der Waals surface area contributed by atoms with Crippen LogP contribution in [-0.4, -0.2) is 23.8 Å². The van der Waals surface area contributed by atoms with Crippen LogP contribution in [0, 0.1) is 0 Å². The maximum atomic E-state index is 12.3. The van der Waals surface area contributed by atoms with E-state index in [1.807, 2.05) is 54.6 Å². The van der Waals surface area contributed by atoms with Crippen molar-refractivity contribution in [3.05, 3.63) is 65.7 Å². The Labute approximate surface area is 143 Å². The van der Waals surface area contributed by atoms with Crippen LogP contribution < -0.4 is 5.32 Å². The Balaban J connectivity index is 2.08. The summed E-state index contributed by atoms with van der Waals surface area (Å²) in [6, 6.07) is 17.2. The summed E-state index contributed by atoms with van der Waals surface area (Å²) in [6.07, 6.45) is 0. The minimum atomic E-state index is -0.620. The Morgan fingerprint density at radius 1 is 0.958 bits per heavy atom. The summed E-state index contributed by atoms with van der Waals surface area (Å²) >= 11 is 0. The molecule has 126 valence electrons. The topological polar surface area (TPSA) is 49.4 Å². The molecule has 0 heterocycles. The van der Waals surface area contributed by atoms with Crippen molar-refractivity contribution in [1.29, 1.82) is 0 Å². The van der Waals surface area contributed by atoms with E-state index >= 15 is 0 Å². The SMILES string of the molecule is CN(Cc1ccccc1)C(=O)C(=O)Nc1ccccc1C(C)(C)C. The lowest BCUT2D eigenvalue weighted by Gasteiger charge is -2.23. The molecule has 2 aromatic rings. The summed E-state index contributed by atoms with van der Waals surface area (Å²) in [5.41, 5.74) is 2.53. The highest BCUT2D eigenvalue weighted by Crippen LogP contribution is 2.29. The molecule has 2 aromatic carbocycles. The van der Waals surface area contributed by atoms with Crippen LogP contribution in [0.4, 0.5) is 5.69 Å². The summed E-state index contributed by atoms with van der Waals surface area (Å²) in [7, 11) is 1.63. The highest BCUT2D eigenvalue weighted by Gasteiger charge is 2.23. The quantitative estimate of drug-likeness (QED) is 0.877. The van der Waals surface area contributed by atoms with E-state index in [0.29, 0.717) is 12.2 Å². The lowest BCUT2D eigenvalue weighted by atomic mass is 9.86. The predicted molar refractivity (Wildman–Crippen MR) is 96.7 cm³/mol. The molecule has 2 rings (SSSR count). The molecule has 0 saturated carbocycles. The van der Waals surface area contributed by atoms with E-state index in [1.54, 1.807) is 7.05 Å². The second-order valence-electron chi connectivity index (χ2n) is 6.90. The van der Waals surface area contributed by atoms with Crippen molar-refractivity contribution >= 4 is 17.5 Å². The maximum Gasteiger partial charge on any atom is 0.313 e. The number of hydrogen-bond donors (Lipinski definition) is 1. The van der Waals surface area contributed by atoms with Gasteiger partial charge in [0, 0.05) is 19.3 Å². The van der Waals surface area contributed by atoms with Crippen molar-refractivity contribution < 1.29 is 9.59 Å². The first-order valence-corrected chi connectivity index (χ1v) is 7.99. The lowest BCUT2D eigenvalue weighted by Crippen LogP contribution is -2.37. The molecule has 0 aliphatic heterocycles. The molecule has 0 atom stereocenters. The molecular formula is C20H24N2O2. The molecule has 24 heavy (non-hydrogen) atoms.